The van der Waals surface area contributed by atoms with Gasteiger partial charge < -0.3 is 5.32 Å². The molecule has 0 saturated carbocycles. The summed E-state index contributed by atoms with van der Waals surface area (Å²) in [4.78, 5) is 11.9. The first kappa shape index (κ1) is 15.1. The maximum absolute atomic E-state index is 13.5. The van der Waals surface area contributed by atoms with Gasteiger partial charge in [0.1, 0.15) is 11.6 Å². The third kappa shape index (κ3) is 3.51. The van der Waals surface area contributed by atoms with Gasteiger partial charge in [-0.05, 0) is 24.5 Å². The number of halogens is 3. The van der Waals surface area contributed by atoms with Crippen molar-refractivity contribution in [2.75, 3.05) is 5.33 Å². The van der Waals surface area contributed by atoms with Crippen LogP contribution >= 0.6 is 15.9 Å². The zero-order valence-electron chi connectivity index (χ0n) is 10.6. The Morgan fingerprint density at radius 1 is 1.33 bits per heavy atom. The number of amides is 1. The van der Waals surface area contributed by atoms with Crippen molar-refractivity contribution in [3.8, 4) is 0 Å². The normalized spacial score (nSPS) is 12.6. The number of benzene rings is 1. The minimum absolute atomic E-state index is 0.0951. The average Bonchev–Trinajstić information content (AvgIpc) is 2.29. The standard InChI is InChI=1S/C13H16BrF2NO/c1-7(2)12(6-14)17-13(18)9-4-8(3)10(15)5-11(9)16/h4-5,7,12H,6H2,1-3H3,(H,17,18). The summed E-state index contributed by atoms with van der Waals surface area (Å²) in [7, 11) is 0. The van der Waals surface area contributed by atoms with Crippen LogP contribution in [0.3, 0.4) is 0 Å². The molecule has 0 spiro atoms. The van der Waals surface area contributed by atoms with Crippen LogP contribution in [0.25, 0.3) is 0 Å². The van der Waals surface area contributed by atoms with Crippen LogP contribution in [0, 0.1) is 24.5 Å². The van der Waals surface area contributed by atoms with Gasteiger partial charge in [0.25, 0.3) is 5.91 Å². The molecule has 1 atom stereocenters. The molecule has 1 amide bonds. The molecule has 0 bridgehead atoms. The number of nitrogens with one attached hydrogen (secondary N) is 1. The molecule has 1 rings (SSSR count). The van der Waals surface area contributed by atoms with Crippen LogP contribution in [0.4, 0.5) is 8.78 Å². The molecule has 5 heteroatoms. The van der Waals surface area contributed by atoms with Gasteiger partial charge in [0.15, 0.2) is 0 Å². The molecule has 1 unspecified atom stereocenters. The minimum atomic E-state index is -0.840. The largest absolute Gasteiger partial charge is 0.348 e. The maximum Gasteiger partial charge on any atom is 0.254 e. The number of aryl methyl sites for hydroxylation is 1. The highest BCUT2D eigenvalue weighted by Gasteiger charge is 2.19. The molecule has 1 N–H and O–H groups in total. The Balaban J connectivity index is 2.94. The monoisotopic (exact) mass is 319 g/mol. The van der Waals surface area contributed by atoms with Crippen LogP contribution in [0.2, 0.25) is 0 Å². The molecule has 0 aliphatic heterocycles. The van der Waals surface area contributed by atoms with E-state index in [0.717, 1.165) is 6.07 Å². The van der Waals surface area contributed by atoms with Gasteiger partial charge in [-0.15, -0.1) is 0 Å². The van der Waals surface area contributed by atoms with Crippen LogP contribution in [0.5, 0.6) is 0 Å². The van der Waals surface area contributed by atoms with Crippen LogP contribution < -0.4 is 5.32 Å². The third-order valence-electron chi connectivity index (χ3n) is 2.78. The van der Waals surface area contributed by atoms with Crippen LogP contribution in [0.1, 0.15) is 29.8 Å². The van der Waals surface area contributed by atoms with Crippen molar-refractivity contribution < 1.29 is 13.6 Å². The van der Waals surface area contributed by atoms with E-state index in [1.807, 2.05) is 13.8 Å². The predicted octanol–water partition coefficient (Wildman–Crippen LogP) is 3.42. The molecule has 100 valence electrons. The summed E-state index contributed by atoms with van der Waals surface area (Å²) in [5.41, 5.74) is 0.127. The molecule has 0 radical (unpaired) electrons. The van der Waals surface area contributed by atoms with Crippen LogP contribution in [0.15, 0.2) is 12.1 Å². The lowest BCUT2D eigenvalue weighted by atomic mass is 10.0. The van der Waals surface area contributed by atoms with E-state index in [9.17, 15) is 13.6 Å². The minimum Gasteiger partial charge on any atom is -0.348 e. The summed E-state index contributed by atoms with van der Waals surface area (Å²) >= 11 is 3.29. The number of hydrogen-bond acceptors (Lipinski definition) is 1. The molecule has 18 heavy (non-hydrogen) atoms. The SMILES string of the molecule is Cc1cc(C(=O)NC(CBr)C(C)C)c(F)cc1F. The number of alkyl halides is 1. The van der Waals surface area contributed by atoms with Crippen molar-refractivity contribution in [3.63, 3.8) is 0 Å². The summed E-state index contributed by atoms with van der Waals surface area (Å²) in [6.45, 7) is 5.41. The van der Waals surface area contributed by atoms with Gasteiger partial charge in [0, 0.05) is 17.4 Å². The first-order valence-corrected chi connectivity index (χ1v) is 6.81. The van der Waals surface area contributed by atoms with E-state index in [0.29, 0.717) is 5.33 Å². The molecule has 0 aliphatic carbocycles. The fraction of sp³-hybridized carbons (Fsp3) is 0.462. The van der Waals surface area contributed by atoms with Gasteiger partial charge >= 0.3 is 0 Å². The zero-order valence-corrected chi connectivity index (χ0v) is 12.1. The molecule has 2 nitrogen and oxygen atoms in total. The molecule has 0 fully saturated rings. The van der Waals surface area contributed by atoms with E-state index >= 15 is 0 Å². The van der Waals surface area contributed by atoms with Gasteiger partial charge in [-0.2, -0.15) is 0 Å². The molecule has 0 aromatic heterocycles. The van der Waals surface area contributed by atoms with E-state index in [-0.39, 0.29) is 23.1 Å². The van der Waals surface area contributed by atoms with Gasteiger partial charge in [-0.25, -0.2) is 8.78 Å². The predicted molar refractivity (Wildman–Crippen MR) is 71.0 cm³/mol. The van der Waals surface area contributed by atoms with E-state index in [4.69, 9.17) is 0 Å². The quantitative estimate of drug-likeness (QED) is 0.846. The van der Waals surface area contributed by atoms with Crippen molar-refractivity contribution in [1.82, 2.24) is 5.32 Å². The summed E-state index contributed by atoms with van der Waals surface area (Å²) in [6.07, 6.45) is 0. The Labute approximate surface area is 114 Å². The van der Waals surface area contributed by atoms with Gasteiger partial charge in [-0.3, -0.25) is 4.79 Å². The Bertz CT molecular complexity index is 449. The van der Waals surface area contributed by atoms with Crippen LogP contribution in [-0.2, 0) is 0 Å². The number of carbonyl (C=O) groups is 1. The number of carbonyl (C=O) groups excluding carboxylic acids is 1. The highest BCUT2D eigenvalue weighted by Crippen LogP contribution is 2.15. The summed E-state index contributed by atoms with van der Waals surface area (Å²) < 4.78 is 26.6. The van der Waals surface area contributed by atoms with E-state index in [2.05, 4.69) is 21.2 Å². The number of rotatable bonds is 4. The molecule has 1 aromatic carbocycles. The smallest absolute Gasteiger partial charge is 0.254 e. The highest BCUT2D eigenvalue weighted by molar-refractivity contribution is 9.09. The van der Waals surface area contributed by atoms with Gasteiger partial charge in [0.05, 0.1) is 5.56 Å². The van der Waals surface area contributed by atoms with Gasteiger partial charge in [-0.1, -0.05) is 29.8 Å². The zero-order chi connectivity index (χ0) is 13.9. The highest BCUT2D eigenvalue weighted by atomic mass is 79.9. The summed E-state index contributed by atoms with van der Waals surface area (Å²) in [5, 5.41) is 3.30. The van der Waals surface area contributed by atoms with E-state index < -0.39 is 17.5 Å². The first-order valence-electron chi connectivity index (χ1n) is 5.69. The lowest BCUT2D eigenvalue weighted by Crippen LogP contribution is -2.40. The van der Waals surface area contributed by atoms with Crippen LogP contribution in [-0.4, -0.2) is 17.3 Å². The Kier molecular flexibility index (Phi) is 5.26. The average molecular weight is 320 g/mol. The Morgan fingerprint density at radius 3 is 2.44 bits per heavy atom. The van der Waals surface area contributed by atoms with Gasteiger partial charge in [0.2, 0.25) is 0 Å². The summed E-state index contributed by atoms with van der Waals surface area (Å²) in [6, 6.07) is 1.87. The second-order valence-electron chi connectivity index (χ2n) is 4.56. The molecule has 0 aliphatic rings. The molecular weight excluding hydrogens is 304 g/mol. The van der Waals surface area contributed by atoms with Crippen molar-refractivity contribution in [1.29, 1.82) is 0 Å². The third-order valence-corrected chi connectivity index (χ3v) is 3.48. The van der Waals surface area contributed by atoms with Crippen molar-refractivity contribution in [2.45, 2.75) is 26.8 Å². The van der Waals surface area contributed by atoms with Crippen molar-refractivity contribution in [2.24, 2.45) is 5.92 Å². The molecule has 0 saturated heterocycles. The Hall–Kier alpha value is -0.970. The maximum atomic E-state index is 13.5. The lowest BCUT2D eigenvalue weighted by molar-refractivity contribution is 0.0927. The second-order valence-corrected chi connectivity index (χ2v) is 5.21. The molecule has 0 heterocycles. The van der Waals surface area contributed by atoms with E-state index in [1.165, 1.54) is 13.0 Å². The first-order chi connectivity index (χ1) is 8.36. The second kappa shape index (κ2) is 6.27. The van der Waals surface area contributed by atoms with Crippen molar-refractivity contribution in [3.05, 3.63) is 34.9 Å². The van der Waals surface area contributed by atoms with Crippen molar-refractivity contribution >= 4 is 21.8 Å². The fourth-order valence-corrected chi connectivity index (χ4v) is 2.37. The van der Waals surface area contributed by atoms with E-state index in [1.54, 1.807) is 0 Å². The fourth-order valence-electron chi connectivity index (χ4n) is 1.46. The lowest BCUT2D eigenvalue weighted by Gasteiger charge is -2.20. The number of hydrogen-bond donors (Lipinski definition) is 1. The molecule has 1 aromatic rings. The topological polar surface area (TPSA) is 29.1 Å². The summed E-state index contributed by atoms with van der Waals surface area (Å²) in [5.74, 6) is -1.79. The Morgan fingerprint density at radius 2 is 1.94 bits per heavy atom. The molecular formula is C13H16BrF2NO.